The van der Waals surface area contributed by atoms with Crippen LogP contribution in [0.3, 0.4) is 0 Å². The summed E-state index contributed by atoms with van der Waals surface area (Å²) in [6, 6.07) is 0.109. The first kappa shape index (κ1) is 14.0. The van der Waals surface area contributed by atoms with Gasteiger partial charge < -0.3 is 10.6 Å². The zero-order valence-corrected chi connectivity index (χ0v) is 11.9. The Morgan fingerprint density at radius 3 is 2.89 bits per heavy atom. The molecule has 3 N–H and O–H groups in total. The molecule has 0 spiro atoms. The molecule has 19 heavy (non-hydrogen) atoms. The standard InChI is InChI=1S/C13H23N5O/c1-8(2)11-15-12(17-16-11)13(19)18-5-4-9(3)6-10(18)7-14/h8-10H,4-7,14H2,1-3H3,(H,15,16,17). The molecule has 1 amide bonds. The van der Waals surface area contributed by atoms with Gasteiger partial charge in [0.2, 0.25) is 5.82 Å². The van der Waals surface area contributed by atoms with Crippen LogP contribution in [0.25, 0.3) is 0 Å². The number of nitrogens with one attached hydrogen (secondary N) is 1. The number of nitrogens with zero attached hydrogens (tertiary/aromatic N) is 3. The van der Waals surface area contributed by atoms with Gasteiger partial charge in [0, 0.05) is 25.0 Å². The molecule has 1 aliphatic heterocycles. The van der Waals surface area contributed by atoms with Crippen molar-refractivity contribution in [2.24, 2.45) is 11.7 Å². The van der Waals surface area contributed by atoms with Crippen LogP contribution in [0.1, 0.15) is 56.0 Å². The molecular weight excluding hydrogens is 242 g/mol. The van der Waals surface area contributed by atoms with Crippen LogP contribution in [-0.4, -0.2) is 45.1 Å². The lowest BCUT2D eigenvalue weighted by molar-refractivity contribution is 0.0561. The SMILES string of the molecule is CC1CCN(C(=O)c2n[nH]c(C(C)C)n2)C(CN)C1. The molecule has 2 atom stereocenters. The first-order valence-electron chi connectivity index (χ1n) is 6.96. The van der Waals surface area contributed by atoms with Crippen LogP contribution < -0.4 is 5.73 Å². The fraction of sp³-hybridized carbons (Fsp3) is 0.769. The number of aromatic nitrogens is 3. The number of amides is 1. The lowest BCUT2D eigenvalue weighted by atomic mass is 9.92. The van der Waals surface area contributed by atoms with Gasteiger partial charge >= 0.3 is 0 Å². The molecule has 106 valence electrons. The van der Waals surface area contributed by atoms with Crippen LogP contribution in [0.5, 0.6) is 0 Å². The van der Waals surface area contributed by atoms with Crippen LogP contribution >= 0.6 is 0 Å². The van der Waals surface area contributed by atoms with E-state index in [2.05, 4.69) is 22.1 Å². The van der Waals surface area contributed by atoms with E-state index < -0.39 is 0 Å². The Bertz CT molecular complexity index is 442. The monoisotopic (exact) mass is 265 g/mol. The normalized spacial score (nSPS) is 23.9. The Balaban J connectivity index is 2.13. The highest BCUT2D eigenvalue weighted by atomic mass is 16.2. The van der Waals surface area contributed by atoms with Crippen molar-refractivity contribution in [1.29, 1.82) is 0 Å². The van der Waals surface area contributed by atoms with Gasteiger partial charge in [0.05, 0.1) is 0 Å². The summed E-state index contributed by atoms with van der Waals surface area (Å²) in [5.41, 5.74) is 5.78. The van der Waals surface area contributed by atoms with Crippen molar-refractivity contribution >= 4 is 5.91 Å². The molecule has 2 unspecified atom stereocenters. The lowest BCUT2D eigenvalue weighted by Gasteiger charge is -2.37. The zero-order chi connectivity index (χ0) is 14.0. The molecule has 1 aromatic heterocycles. The highest BCUT2D eigenvalue weighted by molar-refractivity contribution is 5.90. The fourth-order valence-electron chi connectivity index (χ4n) is 2.50. The summed E-state index contributed by atoms with van der Waals surface area (Å²) in [5, 5.41) is 6.86. The van der Waals surface area contributed by atoms with Crippen molar-refractivity contribution in [3.63, 3.8) is 0 Å². The maximum atomic E-state index is 12.4. The first-order chi connectivity index (χ1) is 9.02. The number of nitrogens with two attached hydrogens (primary N) is 1. The minimum Gasteiger partial charge on any atom is -0.332 e. The molecule has 1 aromatic rings. The zero-order valence-electron chi connectivity index (χ0n) is 11.9. The van der Waals surface area contributed by atoms with Crippen LogP contribution in [0.4, 0.5) is 0 Å². The quantitative estimate of drug-likeness (QED) is 0.857. The summed E-state index contributed by atoms with van der Waals surface area (Å²) >= 11 is 0. The van der Waals surface area contributed by atoms with Crippen LogP contribution in [0, 0.1) is 5.92 Å². The number of aromatic amines is 1. The molecule has 0 radical (unpaired) electrons. The molecule has 1 aliphatic rings. The lowest BCUT2D eigenvalue weighted by Crippen LogP contribution is -2.49. The Hall–Kier alpha value is -1.43. The molecule has 0 aromatic carbocycles. The highest BCUT2D eigenvalue weighted by Crippen LogP contribution is 2.23. The predicted octanol–water partition coefficient (Wildman–Crippen LogP) is 1.13. The average molecular weight is 265 g/mol. The summed E-state index contributed by atoms with van der Waals surface area (Å²) in [7, 11) is 0. The Kier molecular flexibility index (Phi) is 4.19. The summed E-state index contributed by atoms with van der Waals surface area (Å²) in [6.45, 7) is 7.47. The minimum absolute atomic E-state index is 0.106. The first-order valence-corrected chi connectivity index (χ1v) is 6.96. The third kappa shape index (κ3) is 2.94. The Morgan fingerprint density at radius 1 is 1.58 bits per heavy atom. The van der Waals surface area contributed by atoms with Gasteiger partial charge in [-0.3, -0.25) is 9.89 Å². The number of hydrogen-bond donors (Lipinski definition) is 2. The van der Waals surface area contributed by atoms with E-state index in [0.29, 0.717) is 12.5 Å². The summed E-state index contributed by atoms with van der Waals surface area (Å²) in [5.74, 6) is 1.76. The van der Waals surface area contributed by atoms with E-state index in [9.17, 15) is 4.79 Å². The number of hydrogen-bond acceptors (Lipinski definition) is 4. The number of H-pyrrole nitrogens is 1. The molecule has 0 bridgehead atoms. The summed E-state index contributed by atoms with van der Waals surface area (Å²) in [4.78, 5) is 18.5. The van der Waals surface area contributed by atoms with E-state index in [1.54, 1.807) is 0 Å². The molecular formula is C13H23N5O. The third-order valence-electron chi connectivity index (χ3n) is 3.75. The Labute approximate surface area is 113 Å². The van der Waals surface area contributed by atoms with Gasteiger partial charge in [-0.15, -0.1) is 5.10 Å². The van der Waals surface area contributed by atoms with E-state index >= 15 is 0 Å². The maximum Gasteiger partial charge on any atom is 0.293 e. The number of carbonyl (C=O) groups is 1. The molecule has 1 saturated heterocycles. The van der Waals surface area contributed by atoms with E-state index in [-0.39, 0.29) is 23.7 Å². The average Bonchev–Trinajstić information content (AvgIpc) is 2.87. The van der Waals surface area contributed by atoms with Crippen LogP contribution in [-0.2, 0) is 0 Å². The second kappa shape index (κ2) is 5.69. The maximum absolute atomic E-state index is 12.4. The molecule has 2 heterocycles. The van der Waals surface area contributed by atoms with Gasteiger partial charge in [-0.2, -0.15) is 0 Å². The van der Waals surface area contributed by atoms with Crippen LogP contribution in [0.2, 0.25) is 0 Å². The second-order valence-electron chi connectivity index (χ2n) is 5.72. The minimum atomic E-state index is -0.106. The van der Waals surface area contributed by atoms with Crippen molar-refractivity contribution in [1.82, 2.24) is 20.1 Å². The molecule has 2 rings (SSSR count). The smallest absolute Gasteiger partial charge is 0.293 e. The van der Waals surface area contributed by atoms with E-state index in [1.165, 1.54) is 0 Å². The van der Waals surface area contributed by atoms with Gasteiger partial charge in [-0.25, -0.2) is 4.98 Å². The topological polar surface area (TPSA) is 87.9 Å². The van der Waals surface area contributed by atoms with E-state index in [0.717, 1.165) is 25.2 Å². The largest absolute Gasteiger partial charge is 0.332 e. The highest BCUT2D eigenvalue weighted by Gasteiger charge is 2.31. The van der Waals surface area contributed by atoms with Gasteiger partial charge in [-0.1, -0.05) is 20.8 Å². The van der Waals surface area contributed by atoms with Crippen molar-refractivity contribution in [3.8, 4) is 0 Å². The fourth-order valence-corrected chi connectivity index (χ4v) is 2.50. The summed E-state index contributed by atoms with van der Waals surface area (Å²) < 4.78 is 0. The van der Waals surface area contributed by atoms with E-state index in [4.69, 9.17) is 5.73 Å². The van der Waals surface area contributed by atoms with Gasteiger partial charge in [-0.05, 0) is 18.8 Å². The van der Waals surface area contributed by atoms with Crippen molar-refractivity contribution < 1.29 is 4.79 Å². The molecule has 0 aliphatic carbocycles. The second-order valence-corrected chi connectivity index (χ2v) is 5.72. The summed E-state index contributed by atoms with van der Waals surface area (Å²) in [6.07, 6.45) is 1.98. The third-order valence-corrected chi connectivity index (χ3v) is 3.75. The van der Waals surface area contributed by atoms with Crippen molar-refractivity contribution in [2.75, 3.05) is 13.1 Å². The van der Waals surface area contributed by atoms with Gasteiger partial charge in [0.25, 0.3) is 5.91 Å². The van der Waals surface area contributed by atoms with Gasteiger partial charge in [0.15, 0.2) is 0 Å². The predicted molar refractivity (Wildman–Crippen MR) is 72.7 cm³/mol. The molecule has 1 fully saturated rings. The van der Waals surface area contributed by atoms with Crippen LogP contribution in [0.15, 0.2) is 0 Å². The van der Waals surface area contributed by atoms with Crippen molar-refractivity contribution in [3.05, 3.63) is 11.6 Å². The number of piperidine rings is 1. The number of likely N-dealkylation sites (tertiary alicyclic amines) is 1. The number of carbonyl (C=O) groups excluding carboxylic acids is 1. The molecule has 6 heteroatoms. The van der Waals surface area contributed by atoms with E-state index in [1.807, 2.05) is 18.7 Å². The molecule has 6 nitrogen and oxygen atoms in total. The Morgan fingerprint density at radius 2 is 2.32 bits per heavy atom. The number of rotatable bonds is 3. The van der Waals surface area contributed by atoms with Gasteiger partial charge in [0.1, 0.15) is 5.82 Å². The molecule has 0 saturated carbocycles. The van der Waals surface area contributed by atoms with Crippen molar-refractivity contribution in [2.45, 2.75) is 45.6 Å².